The molecule has 1 aliphatic rings. The molecule has 1 fully saturated rings. The van der Waals surface area contributed by atoms with Crippen molar-refractivity contribution in [1.29, 1.82) is 0 Å². The summed E-state index contributed by atoms with van der Waals surface area (Å²) in [6.45, 7) is 7.72. The highest BCUT2D eigenvalue weighted by Crippen LogP contribution is 2.18. The zero-order valence-corrected chi connectivity index (χ0v) is 17.0. The van der Waals surface area contributed by atoms with E-state index in [1.807, 2.05) is 24.3 Å². The predicted octanol–water partition coefficient (Wildman–Crippen LogP) is 2.76. The van der Waals surface area contributed by atoms with E-state index in [1.165, 1.54) is 24.9 Å². The lowest BCUT2D eigenvalue weighted by Crippen LogP contribution is -2.50. The van der Waals surface area contributed by atoms with Crippen molar-refractivity contribution >= 4 is 23.4 Å². The summed E-state index contributed by atoms with van der Waals surface area (Å²) in [5, 5.41) is 2.84. The molecule has 29 heavy (non-hydrogen) atoms. The minimum absolute atomic E-state index is 0.0128. The molecule has 0 radical (unpaired) electrons. The van der Waals surface area contributed by atoms with Gasteiger partial charge in [-0.1, -0.05) is 26.0 Å². The molecule has 7 nitrogen and oxygen atoms in total. The van der Waals surface area contributed by atoms with Gasteiger partial charge < -0.3 is 15.1 Å². The number of piperazine rings is 1. The van der Waals surface area contributed by atoms with Gasteiger partial charge in [0.1, 0.15) is 0 Å². The van der Waals surface area contributed by atoms with E-state index in [-0.39, 0.29) is 17.7 Å². The van der Waals surface area contributed by atoms with Gasteiger partial charge in [0.25, 0.3) is 11.8 Å². The average molecular weight is 394 g/mol. The van der Waals surface area contributed by atoms with Gasteiger partial charge in [0, 0.05) is 51.2 Å². The molecule has 7 heteroatoms. The Kier molecular flexibility index (Phi) is 6.26. The van der Waals surface area contributed by atoms with Gasteiger partial charge in [-0.15, -0.1) is 0 Å². The third-order valence-electron chi connectivity index (χ3n) is 5.09. The molecule has 0 bridgehead atoms. The van der Waals surface area contributed by atoms with Gasteiger partial charge in [0.2, 0.25) is 5.91 Å². The molecule has 2 aromatic rings. The molecule has 0 aliphatic carbocycles. The highest BCUT2D eigenvalue weighted by molar-refractivity contribution is 6.05. The van der Waals surface area contributed by atoms with Gasteiger partial charge in [-0.3, -0.25) is 19.4 Å². The molecule has 0 saturated carbocycles. The molecule has 3 rings (SSSR count). The van der Waals surface area contributed by atoms with E-state index < -0.39 is 0 Å². The third kappa shape index (κ3) is 4.99. The van der Waals surface area contributed by atoms with Crippen LogP contribution in [-0.2, 0) is 4.79 Å². The minimum atomic E-state index is -0.314. The van der Waals surface area contributed by atoms with E-state index in [0.29, 0.717) is 48.9 Å². The van der Waals surface area contributed by atoms with Gasteiger partial charge >= 0.3 is 0 Å². The van der Waals surface area contributed by atoms with Gasteiger partial charge in [0.05, 0.1) is 11.1 Å². The first-order valence-electron chi connectivity index (χ1n) is 9.76. The van der Waals surface area contributed by atoms with Crippen molar-refractivity contribution in [2.75, 3.05) is 31.5 Å². The summed E-state index contributed by atoms with van der Waals surface area (Å²) in [4.78, 5) is 44.3. The lowest BCUT2D eigenvalue weighted by atomic mass is 10.0. The topological polar surface area (TPSA) is 82.6 Å². The number of aromatic nitrogens is 1. The largest absolute Gasteiger partial charge is 0.339 e. The van der Waals surface area contributed by atoms with Crippen LogP contribution in [0.5, 0.6) is 0 Å². The van der Waals surface area contributed by atoms with Gasteiger partial charge in [0.15, 0.2) is 0 Å². The molecule has 1 N–H and O–H groups in total. The Morgan fingerprint density at radius 2 is 1.52 bits per heavy atom. The Bertz CT molecular complexity index is 901. The molecule has 1 aromatic heterocycles. The first-order valence-corrected chi connectivity index (χ1v) is 9.76. The van der Waals surface area contributed by atoms with Crippen molar-refractivity contribution in [3.05, 3.63) is 59.4 Å². The van der Waals surface area contributed by atoms with Gasteiger partial charge in [-0.25, -0.2) is 0 Å². The zero-order chi connectivity index (χ0) is 21.0. The van der Waals surface area contributed by atoms with Crippen LogP contribution in [0, 0.1) is 0 Å². The average Bonchev–Trinajstić information content (AvgIpc) is 2.73. The minimum Gasteiger partial charge on any atom is -0.339 e. The number of nitrogens with zero attached hydrogens (tertiary/aromatic N) is 3. The van der Waals surface area contributed by atoms with Crippen LogP contribution in [0.25, 0.3) is 0 Å². The highest BCUT2D eigenvalue weighted by Gasteiger charge is 2.24. The predicted molar refractivity (Wildman–Crippen MR) is 111 cm³/mol. The number of anilines is 1. The SMILES string of the molecule is CC(=O)N1CCN(C(=O)c2cncc(C(=O)Nc3ccc(C(C)C)cc3)c2)CC1. The summed E-state index contributed by atoms with van der Waals surface area (Å²) in [5.74, 6) is -0.0645. The number of pyridine rings is 1. The fraction of sp³-hybridized carbons (Fsp3) is 0.364. The Labute approximate surface area is 170 Å². The second kappa shape index (κ2) is 8.86. The Hall–Kier alpha value is -3.22. The molecule has 152 valence electrons. The van der Waals surface area contributed by atoms with Crippen molar-refractivity contribution in [3.63, 3.8) is 0 Å². The van der Waals surface area contributed by atoms with E-state index in [4.69, 9.17) is 0 Å². The van der Waals surface area contributed by atoms with Crippen LogP contribution in [0.3, 0.4) is 0 Å². The first-order chi connectivity index (χ1) is 13.8. The number of nitrogens with one attached hydrogen (secondary N) is 1. The second-order valence-corrected chi connectivity index (χ2v) is 7.49. The van der Waals surface area contributed by atoms with Crippen LogP contribution < -0.4 is 5.32 Å². The molecule has 1 saturated heterocycles. The Morgan fingerprint density at radius 1 is 0.931 bits per heavy atom. The molecule has 3 amide bonds. The number of hydrogen-bond donors (Lipinski definition) is 1. The molecular weight excluding hydrogens is 368 g/mol. The standard InChI is InChI=1S/C22H26N4O3/c1-15(2)17-4-6-20(7-5-17)24-21(28)18-12-19(14-23-13-18)22(29)26-10-8-25(9-11-26)16(3)27/h4-7,12-15H,8-11H2,1-3H3,(H,24,28). The third-order valence-corrected chi connectivity index (χ3v) is 5.09. The first kappa shape index (κ1) is 20.5. The van der Waals surface area contributed by atoms with Crippen LogP contribution >= 0.6 is 0 Å². The van der Waals surface area contributed by atoms with Crippen molar-refractivity contribution in [2.45, 2.75) is 26.7 Å². The number of hydrogen-bond acceptors (Lipinski definition) is 4. The van der Waals surface area contributed by atoms with Crippen LogP contribution in [0.4, 0.5) is 5.69 Å². The second-order valence-electron chi connectivity index (χ2n) is 7.49. The molecule has 0 unspecified atom stereocenters. The zero-order valence-electron chi connectivity index (χ0n) is 17.0. The summed E-state index contributed by atoms with van der Waals surface area (Å²) in [6, 6.07) is 9.26. The van der Waals surface area contributed by atoms with E-state index in [2.05, 4.69) is 24.1 Å². The van der Waals surface area contributed by atoms with Crippen molar-refractivity contribution in [1.82, 2.24) is 14.8 Å². The fourth-order valence-corrected chi connectivity index (χ4v) is 3.24. The fourth-order valence-electron chi connectivity index (χ4n) is 3.24. The van der Waals surface area contributed by atoms with Crippen molar-refractivity contribution < 1.29 is 14.4 Å². The number of rotatable bonds is 4. The van der Waals surface area contributed by atoms with Crippen LogP contribution in [0.15, 0.2) is 42.7 Å². The molecule has 1 aromatic carbocycles. The summed E-state index contributed by atoms with van der Waals surface area (Å²) < 4.78 is 0. The van der Waals surface area contributed by atoms with Crippen molar-refractivity contribution in [3.8, 4) is 0 Å². The maximum absolute atomic E-state index is 12.8. The molecule has 1 aliphatic heterocycles. The van der Waals surface area contributed by atoms with Crippen LogP contribution in [0.1, 0.15) is 53.0 Å². The van der Waals surface area contributed by atoms with E-state index >= 15 is 0 Å². The normalized spacial score (nSPS) is 14.1. The summed E-state index contributed by atoms with van der Waals surface area (Å²) in [6.07, 6.45) is 2.91. The summed E-state index contributed by atoms with van der Waals surface area (Å²) >= 11 is 0. The van der Waals surface area contributed by atoms with Crippen LogP contribution in [0.2, 0.25) is 0 Å². The lowest BCUT2D eigenvalue weighted by Gasteiger charge is -2.34. The van der Waals surface area contributed by atoms with Gasteiger partial charge in [-0.2, -0.15) is 0 Å². The summed E-state index contributed by atoms with van der Waals surface area (Å²) in [7, 11) is 0. The van der Waals surface area contributed by atoms with Crippen LogP contribution in [-0.4, -0.2) is 58.7 Å². The van der Waals surface area contributed by atoms with E-state index in [9.17, 15) is 14.4 Å². The molecule has 0 spiro atoms. The molecule has 2 heterocycles. The number of benzene rings is 1. The van der Waals surface area contributed by atoms with Crippen molar-refractivity contribution in [2.24, 2.45) is 0 Å². The lowest BCUT2D eigenvalue weighted by molar-refractivity contribution is -0.130. The quantitative estimate of drug-likeness (QED) is 0.864. The maximum Gasteiger partial charge on any atom is 0.257 e. The van der Waals surface area contributed by atoms with E-state index in [0.717, 1.165) is 0 Å². The number of amides is 3. The Morgan fingerprint density at radius 3 is 2.10 bits per heavy atom. The smallest absolute Gasteiger partial charge is 0.257 e. The monoisotopic (exact) mass is 394 g/mol. The number of carbonyl (C=O) groups is 3. The molecular formula is C22H26N4O3. The summed E-state index contributed by atoms with van der Waals surface area (Å²) in [5.41, 5.74) is 2.58. The Balaban J connectivity index is 1.66. The van der Waals surface area contributed by atoms with Gasteiger partial charge in [-0.05, 0) is 29.7 Å². The maximum atomic E-state index is 12.8. The highest BCUT2D eigenvalue weighted by atomic mass is 16.2. The molecule has 0 atom stereocenters. The van der Waals surface area contributed by atoms with E-state index in [1.54, 1.807) is 15.9 Å². The number of carbonyl (C=O) groups excluding carboxylic acids is 3.